The number of likely N-dealkylation sites (tertiary alicyclic amines) is 1. The van der Waals surface area contributed by atoms with E-state index in [9.17, 15) is 9.90 Å². The number of carbonyl (C=O) groups is 1. The minimum atomic E-state index is -0.632. The number of nitrogen functional groups attached to an aromatic ring is 1. The van der Waals surface area contributed by atoms with Crippen LogP contribution in [0.15, 0.2) is 10.5 Å². The summed E-state index contributed by atoms with van der Waals surface area (Å²) in [6.07, 6.45) is 1.80. The van der Waals surface area contributed by atoms with Gasteiger partial charge in [0.15, 0.2) is 5.76 Å². The number of nitrogens with one attached hydrogen (secondary N) is 1. The molecular formula is C13H21N3O3. The van der Waals surface area contributed by atoms with Crippen LogP contribution in [0.5, 0.6) is 0 Å². The van der Waals surface area contributed by atoms with Crippen molar-refractivity contribution in [2.75, 3.05) is 13.1 Å². The summed E-state index contributed by atoms with van der Waals surface area (Å²) in [6.45, 7) is 5.93. The monoisotopic (exact) mass is 267 g/mol. The summed E-state index contributed by atoms with van der Waals surface area (Å²) in [5, 5.41) is 10.1. The topological polar surface area (TPSA) is 91.7 Å². The van der Waals surface area contributed by atoms with Crippen molar-refractivity contribution >= 4 is 5.91 Å². The molecule has 1 atom stereocenters. The molecule has 0 aromatic carbocycles. The molecule has 0 aliphatic carbocycles. The summed E-state index contributed by atoms with van der Waals surface area (Å²) < 4.78 is 5.38. The fourth-order valence-corrected chi connectivity index (χ4v) is 2.56. The SMILES string of the molecule is Cc1oc(C(=O)NN)cc1CN1CCCC(C)(O)C1. The third kappa shape index (κ3) is 3.34. The fourth-order valence-electron chi connectivity index (χ4n) is 2.56. The number of carbonyl (C=O) groups excluding carboxylic acids is 1. The zero-order valence-electron chi connectivity index (χ0n) is 11.4. The Morgan fingerprint density at radius 2 is 2.42 bits per heavy atom. The molecule has 1 unspecified atom stereocenters. The number of hydrogen-bond donors (Lipinski definition) is 3. The highest BCUT2D eigenvalue weighted by atomic mass is 16.4. The number of amides is 1. The van der Waals surface area contributed by atoms with Crippen LogP contribution in [0, 0.1) is 6.92 Å². The molecule has 1 fully saturated rings. The van der Waals surface area contributed by atoms with Crippen molar-refractivity contribution in [2.24, 2.45) is 5.84 Å². The Morgan fingerprint density at radius 3 is 3.05 bits per heavy atom. The van der Waals surface area contributed by atoms with Gasteiger partial charge in [0, 0.05) is 18.7 Å². The van der Waals surface area contributed by atoms with Crippen LogP contribution in [0.3, 0.4) is 0 Å². The molecule has 0 radical (unpaired) electrons. The highest BCUT2D eigenvalue weighted by Crippen LogP contribution is 2.23. The van der Waals surface area contributed by atoms with E-state index in [1.807, 2.05) is 13.8 Å². The lowest BCUT2D eigenvalue weighted by atomic mass is 9.95. The summed E-state index contributed by atoms with van der Waals surface area (Å²) in [4.78, 5) is 13.6. The average molecular weight is 267 g/mol. The largest absolute Gasteiger partial charge is 0.456 e. The van der Waals surface area contributed by atoms with Crippen LogP contribution in [0.1, 0.15) is 41.6 Å². The minimum absolute atomic E-state index is 0.221. The molecule has 2 heterocycles. The van der Waals surface area contributed by atoms with E-state index in [0.29, 0.717) is 18.8 Å². The quantitative estimate of drug-likeness (QED) is 0.422. The zero-order chi connectivity index (χ0) is 14.0. The van der Waals surface area contributed by atoms with Crippen molar-refractivity contribution in [1.82, 2.24) is 10.3 Å². The van der Waals surface area contributed by atoms with E-state index >= 15 is 0 Å². The third-order valence-electron chi connectivity index (χ3n) is 3.52. The van der Waals surface area contributed by atoms with E-state index in [-0.39, 0.29) is 5.76 Å². The number of nitrogens with two attached hydrogens (primary N) is 1. The number of β-amino-alcohol motifs (C(OH)–C–C–N with tert-alkyl or cyclic N) is 1. The summed E-state index contributed by atoms with van der Waals surface area (Å²) in [6, 6.07) is 1.71. The maximum Gasteiger partial charge on any atom is 0.300 e. The molecule has 1 aromatic rings. The van der Waals surface area contributed by atoms with Gasteiger partial charge in [0.25, 0.3) is 0 Å². The Bertz CT molecular complexity index is 468. The Hall–Kier alpha value is -1.37. The molecular weight excluding hydrogens is 246 g/mol. The lowest BCUT2D eigenvalue weighted by molar-refractivity contribution is -0.0182. The predicted octanol–water partition coefficient (Wildman–Crippen LogP) is 0.538. The number of piperidine rings is 1. The van der Waals surface area contributed by atoms with E-state index in [4.69, 9.17) is 10.3 Å². The van der Waals surface area contributed by atoms with Gasteiger partial charge in [0.1, 0.15) is 5.76 Å². The van der Waals surface area contributed by atoms with E-state index in [1.165, 1.54) is 0 Å². The Balaban J connectivity index is 2.07. The summed E-state index contributed by atoms with van der Waals surface area (Å²) >= 11 is 0. The van der Waals surface area contributed by atoms with E-state index in [2.05, 4.69) is 10.3 Å². The second kappa shape index (κ2) is 5.32. The predicted molar refractivity (Wildman–Crippen MR) is 70.2 cm³/mol. The molecule has 1 aliphatic rings. The highest BCUT2D eigenvalue weighted by molar-refractivity contribution is 5.91. The van der Waals surface area contributed by atoms with Gasteiger partial charge in [-0.25, -0.2) is 5.84 Å². The molecule has 1 saturated heterocycles. The number of furan rings is 1. The minimum Gasteiger partial charge on any atom is -0.456 e. The van der Waals surface area contributed by atoms with Gasteiger partial charge >= 0.3 is 5.91 Å². The first-order valence-electron chi connectivity index (χ1n) is 6.46. The van der Waals surface area contributed by atoms with Crippen molar-refractivity contribution in [3.05, 3.63) is 23.2 Å². The number of aliphatic hydroxyl groups is 1. The molecule has 106 valence electrons. The number of rotatable bonds is 3. The summed E-state index contributed by atoms with van der Waals surface area (Å²) in [7, 11) is 0. The molecule has 1 amide bonds. The highest BCUT2D eigenvalue weighted by Gasteiger charge is 2.29. The zero-order valence-corrected chi connectivity index (χ0v) is 11.4. The Kier molecular flexibility index (Phi) is 3.93. The van der Waals surface area contributed by atoms with Gasteiger partial charge < -0.3 is 9.52 Å². The summed E-state index contributed by atoms with van der Waals surface area (Å²) in [5.41, 5.74) is 2.38. The van der Waals surface area contributed by atoms with Gasteiger partial charge in [0.2, 0.25) is 0 Å². The van der Waals surface area contributed by atoms with Crippen LogP contribution in [0.2, 0.25) is 0 Å². The van der Waals surface area contributed by atoms with Crippen molar-refractivity contribution in [1.29, 1.82) is 0 Å². The van der Waals surface area contributed by atoms with Crippen molar-refractivity contribution in [3.63, 3.8) is 0 Å². The Morgan fingerprint density at radius 1 is 1.68 bits per heavy atom. The second-order valence-corrected chi connectivity index (χ2v) is 5.48. The van der Waals surface area contributed by atoms with Crippen molar-refractivity contribution in [3.8, 4) is 0 Å². The second-order valence-electron chi connectivity index (χ2n) is 5.48. The molecule has 0 saturated carbocycles. The Labute approximate surface area is 112 Å². The first-order valence-corrected chi connectivity index (χ1v) is 6.46. The number of hydrogen-bond acceptors (Lipinski definition) is 5. The van der Waals surface area contributed by atoms with E-state index < -0.39 is 11.5 Å². The van der Waals surface area contributed by atoms with Crippen LogP contribution < -0.4 is 11.3 Å². The number of hydrazine groups is 1. The van der Waals surface area contributed by atoms with Crippen LogP contribution in [-0.4, -0.2) is 34.6 Å². The van der Waals surface area contributed by atoms with Gasteiger partial charge in [-0.15, -0.1) is 0 Å². The number of aryl methyl sites for hydroxylation is 1. The maximum absolute atomic E-state index is 11.4. The van der Waals surface area contributed by atoms with Gasteiger partial charge in [0.05, 0.1) is 5.60 Å². The molecule has 6 heteroatoms. The van der Waals surface area contributed by atoms with Crippen LogP contribution >= 0.6 is 0 Å². The molecule has 1 aromatic heterocycles. The van der Waals surface area contributed by atoms with Crippen molar-refractivity contribution < 1.29 is 14.3 Å². The van der Waals surface area contributed by atoms with E-state index in [0.717, 1.165) is 24.9 Å². The first-order chi connectivity index (χ1) is 8.91. The van der Waals surface area contributed by atoms with Crippen molar-refractivity contribution in [2.45, 2.75) is 38.8 Å². The van der Waals surface area contributed by atoms with E-state index in [1.54, 1.807) is 6.07 Å². The van der Waals surface area contributed by atoms with Gasteiger partial charge in [-0.2, -0.15) is 0 Å². The number of nitrogens with zero attached hydrogens (tertiary/aromatic N) is 1. The molecule has 0 spiro atoms. The molecule has 1 aliphatic heterocycles. The lowest BCUT2D eigenvalue weighted by Crippen LogP contribution is -2.45. The molecule has 4 N–H and O–H groups in total. The van der Waals surface area contributed by atoms with Gasteiger partial charge in [-0.05, 0) is 39.3 Å². The van der Waals surface area contributed by atoms with Crippen LogP contribution in [-0.2, 0) is 6.54 Å². The molecule has 6 nitrogen and oxygen atoms in total. The average Bonchev–Trinajstić information content (AvgIpc) is 2.69. The standard InChI is InChI=1S/C13H21N3O3/c1-9-10(6-11(19-9)12(17)15-14)7-16-5-3-4-13(2,18)8-16/h6,18H,3-5,7-8,14H2,1-2H3,(H,15,17). The van der Waals surface area contributed by atoms with Gasteiger partial charge in [-0.1, -0.05) is 0 Å². The molecule has 19 heavy (non-hydrogen) atoms. The third-order valence-corrected chi connectivity index (χ3v) is 3.52. The normalized spacial score (nSPS) is 24.4. The maximum atomic E-state index is 11.4. The fraction of sp³-hybridized carbons (Fsp3) is 0.615. The summed E-state index contributed by atoms with van der Waals surface area (Å²) in [5.74, 6) is 5.58. The molecule has 0 bridgehead atoms. The van der Waals surface area contributed by atoms with Crippen LogP contribution in [0.4, 0.5) is 0 Å². The first kappa shape index (κ1) is 14.0. The smallest absolute Gasteiger partial charge is 0.300 e. The molecule has 2 rings (SSSR count). The van der Waals surface area contributed by atoms with Gasteiger partial charge in [-0.3, -0.25) is 15.1 Å². The van der Waals surface area contributed by atoms with Crippen LogP contribution in [0.25, 0.3) is 0 Å². The lowest BCUT2D eigenvalue weighted by Gasteiger charge is -2.36.